The smallest absolute Gasteiger partial charge is 0.306 e. The van der Waals surface area contributed by atoms with Gasteiger partial charge in [0.25, 0.3) is 5.91 Å². The van der Waals surface area contributed by atoms with Crippen molar-refractivity contribution in [2.45, 2.75) is 25.8 Å². The van der Waals surface area contributed by atoms with Crippen molar-refractivity contribution in [3.63, 3.8) is 0 Å². The van der Waals surface area contributed by atoms with Crippen LogP contribution in [0.25, 0.3) is 0 Å². The molecule has 0 aliphatic carbocycles. The molecule has 24 heavy (non-hydrogen) atoms. The van der Waals surface area contributed by atoms with Crippen LogP contribution in [-0.2, 0) is 20.7 Å². The normalized spacial score (nSPS) is 11.6. The summed E-state index contributed by atoms with van der Waals surface area (Å²) in [5, 5.41) is 2.77. The molecule has 2 rings (SSSR count). The number of carbonyl (C=O) groups excluding carboxylic acids is 2. The highest BCUT2D eigenvalue weighted by molar-refractivity contribution is 5.80. The van der Waals surface area contributed by atoms with E-state index in [1.807, 2.05) is 37.3 Å². The predicted octanol–water partition coefficient (Wildman–Crippen LogP) is 3.18. The van der Waals surface area contributed by atoms with Gasteiger partial charge in [-0.2, -0.15) is 0 Å². The molecule has 0 aliphatic heterocycles. The van der Waals surface area contributed by atoms with E-state index in [2.05, 4.69) is 5.32 Å². The molecule has 0 aromatic heterocycles. The minimum Gasteiger partial charge on any atom is -0.456 e. The van der Waals surface area contributed by atoms with Crippen LogP contribution in [0.15, 0.2) is 54.6 Å². The Morgan fingerprint density at radius 3 is 2.42 bits per heavy atom. The Balaban J connectivity index is 1.69. The van der Waals surface area contributed by atoms with Gasteiger partial charge in [0.2, 0.25) is 0 Å². The number of hydrogen-bond donors (Lipinski definition) is 1. The number of benzene rings is 2. The Labute approximate surface area is 140 Å². The standard InChI is InChI=1S/C19H20FNO3/c1-14(16-5-3-2-4-6-16)21-18(22)13-24-19(23)12-9-15-7-10-17(20)11-8-15/h2-8,10-11,14H,9,12-13H2,1H3,(H,21,22)/t14-/m0/s1. The summed E-state index contributed by atoms with van der Waals surface area (Å²) in [7, 11) is 0. The van der Waals surface area contributed by atoms with Crippen LogP contribution in [0.5, 0.6) is 0 Å². The third-order valence-corrected chi connectivity index (χ3v) is 3.57. The van der Waals surface area contributed by atoms with Crippen molar-refractivity contribution in [2.75, 3.05) is 6.61 Å². The third-order valence-electron chi connectivity index (χ3n) is 3.57. The fraction of sp³-hybridized carbons (Fsp3) is 0.263. The SMILES string of the molecule is C[C@H](NC(=O)COC(=O)CCc1ccc(F)cc1)c1ccccc1. The largest absolute Gasteiger partial charge is 0.456 e. The summed E-state index contributed by atoms with van der Waals surface area (Å²) >= 11 is 0. The van der Waals surface area contributed by atoms with Crippen LogP contribution < -0.4 is 5.32 Å². The number of nitrogens with one attached hydrogen (secondary N) is 1. The van der Waals surface area contributed by atoms with Gasteiger partial charge in [-0.05, 0) is 36.6 Å². The first-order valence-corrected chi connectivity index (χ1v) is 7.79. The highest BCUT2D eigenvalue weighted by Crippen LogP contribution is 2.11. The maximum absolute atomic E-state index is 12.8. The van der Waals surface area contributed by atoms with Gasteiger partial charge >= 0.3 is 5.97 Å². The van der Waals surface area contributed by atoms with E-state index in [0.29, 0.717) is 6.42 Å². The van der Waals surface area contributed by atoms with Crippen molar-refractivity contribution in [3.05, 3.63) is 71.5 Å². The maximum atomic E-state index is 12.8. The Kier molecular flexibility index (Phi) is 6.49. The van der Waals surface area contributed by atoms with Gasteiger partial charge in [0.1, 0.15) is 5.82 Å². The molecule has 5 heteroatoms. The van der Waals surface area contributed by atoms with E-state index in [1.165, 1.54) is 12.1 Å². The molecule has 2 aromatic rings. The highest BCUT2D eigenvalue weighted by Gasteiger charge is 2.11. The van der Waals surface area contributed by atoms with Crippen LogP contribution in [0.2, 0.25) is 0 Å². The lowest BCUT2D eigenvalue weighted by molar-refractivity contribution is -0.148. The lowest BCUT2D eigenvalue weighted by atomic mass is 10.1. The molecular formula is C19H20FNO3. The van der Waals surface area contributed by atoms with E-state index in [-0.39, 0.29) is 30.8 Å². The average Bonchev–Trinajstić information content (AvgIpc) is 2.60. The van der Waals surface area contributed by atoms with Crippen molar-refractivity contribution in [2.24, 2.45) is 0 Å². The molecule has 0 aliphatic rings. The summed E-state index contributed by atoms with van der Waals surface area (Å²) in [6.07, 6.45) is 0.592. The minimum atomic E-state index is -0.457. The molecule has 0 saturated heterocycles. The molecule has 0 fully saturated rings. The number of rotatable bonds is 7. The third kappa shape index (κ3) is 5.83. The van der Waals surface area contributed by atoms with Crippen molar-refractivity contribution >= 4 is 11.9 Å². The Morgan fingerprint density at radius 1 is 1.08 bits per heavy atom. The van der Waals surface area contributed by atoms with Crippen LogP contribution in [-0.4, -0.2) is 18.5 Å². The molecule has 0 bridgehead atoms. The monoisotopic (exact) mass is 329 g/mol. The first-order chi connectivity index (χ1) is 11.5. The molecule has 2 aromatic carbocycles. The molecule has 0 radical (unpaired) electrons. The van der Waals surface area contributed by atoms with E-state index < -0.39 is 5.97 Å². The molecule has 1 atom stereocenters. The molecule has 0 spiro atoms. The van der Waals surface area contributed by atoms with E-state index in [0.717, 1.165) is 11.1 Å². The van der Waals surface area contributed by atoms with Crippen LogP contribution in [0.3, 0.4) is 0 Å². The van der Waals surface area contributed by atoms with Crippen LogP contribution in [0.4, 0.5) is 4.39 Å². The van der Waals surface area contributed by atoms with Gasteiger partial charge in [-0.3, -0.25) is 9.59 Å². The molecule has 1 N–H and O–H groups in total. The summed E-state index contributed by atoms with van der Waals surface area (Å²) < 4.78 is 17.7. The van der Waals surface area contributed by atoms with Gasteiger partial charge in [-0.25, -0.2) is 4.39 Å². The molecule has 1 amide bonds. The zero-order chi connectivity index (χ0) is 17.4. The van der Waals surface area contributed by atoms with Gasteiger partial charge in [-0.1, -0.05) is 42.5 Å². The summed E-state index contributed by atoms with van der Waals surface area (Å²) in [5.41, 5.74) is 1.82. The Bertz CT molecular complexity index is 671. The lowest BCUT2D eigenvalue weighted by Gasteiger charge is -2.14. The number of aryl methyl sites for hydroxylation is 1. The zero-order valence-electron chi connectivity index (χ0n) is 13.5. The Hall–Kier alpha value is -2.69. The van der Waals surface area contributed by atoms with Crippen molar-refractivity contribution in [3.8, 4) is 0 Å². The van der Waals surface area contributed by atoms with Crippen molar-refractivity contribution < 1.29 is 18.7 Å². The topological polar surface area (TPSA) is 55.4 Å². The quantitative estimate of drug-likeness (QED) is 0.794. The van der Waals surface area contributed by atoms with Gasteiger partial charge in [0.05, 0.1) is 6.04 Å². The molecule has 0 unspecified atom stereocenters. The van der Waals surface area contributed by atoms with Gasteiger partial charge < -0.3 is 10.1 Å². The summed E-state index contributed by atoms with van der Waals surface area (Å²) in [4.78, 5) is 23.5. The number of halogens is 1. The van der Waals surface area contributed by atoms with Crippen LogP contribution in [0.1, 0.15) is 30.5 Å². The second-order valence-electron chi connectivity index (χ2n) is 5.49. The first-order valence-electron chi connectivity index (χ1n) is 7.79. The van der Waals surface area contributed by atoms with E-state index >= 15 is 0 Å². The predicted molar refractivity (Wildman–Crippen MR) is 88.7 cm³/mol. The molecule has 0 heterocycles. The summed E-state index contributed by atoms with van der Waals surface area (Å²) in [6, 6.07) is 15.3. The minimum absolute atomic E-state index is 0.146. The fourth-order valence-corrected chi connectivity index (χ4v) is 2.22. The van der Waals surface area contributed by atoms with E-state index in [1.54, 1.807) is 12.1 Å². The van der Waals surface area contributed by atoms with E-state index in [9.17, 15) is 14.0 Å². The molecule has 126 valence electrons. The van der Waals surface area contributed by atoms with Crippen molar-refractivity contribution in [1.82, 2.24) is 5.32 Å². The molecule has 0 saturated carbocycles. The van der Waals surface area contributed by atoms with Gasteiger partial charge in [-0.15, -0.1) is 0 Å². The average molecular weight is 329 g/mol. The summed E-state index contributed by atoms with van der Waals surface area (Å²) in [5.74, 6) is -1.12. The lowest BCUT2D eigenvalue weighted by Crippen LogP contribution is -2.31. The second-order valence-corrected chi connectivity index (χ2v) is 5.49. The maximum Gasteiger partial charge on any atom is 0.306 e. The van der Waals surface area contributed by atoms with Crippen LogP contribution >= 0.6 is 0 Å². The highest BCUT2D eigenvalue weighted by atomic mass is 19.1. The molecular weight excluding hydrogens is 309 g/mol. The number of hydrogen-bond acceptors (Lipinski definition) is 3. The first kappa shape index (κ1) is 17.7. The van der Waals surface area contributed by atoms with Crippen molar-refractivity contribution in [1.29, 1.82) is 0 Å². The van der Waals surface area contributed by atoms with Gasteiger partial charge in [0.15, 0.2) is 6.61 Å². The number of ether oxygens (including phenoxy) is 1. The van der Waals surface area contributed by atoms with Gasteiger partial charge in [0, 0.05) is 6.42 Å². The van der Waals surface area contributed by atoms with Crippen LogP contribution in [0, 0.1) is 5.82 Å². The number of carbonyl (C=O) groups is 2. The zero-order valence-corrected chi connectivity index (χ0v) is 13.5. The number of esters is 1. The second kappa shape index (κ2) is 8.82. The Morgan fingerprint density at radius 2 is 1.75 bits per heavy atom. The van der Waals surface area contributed by atoms with E-state index in [4.69, 9.17) is 4.74 Å². The summed E-state index contributed by atoms with van der Waals surface area (Å²) in [6.45, 7) is 1.56. The molecule has 4 nitrogen and oxygen atoms in total. The number of amides is 1. The fourth-order valence-electron chi connectivity index (χ4n) is 2.22.